The number of halogens is 1. The van der Waals surface area contributed by atoms with Gasteiger partial charge in [-0.25, -0.2) is 0 Å². The molecule has 1 aromatic carbocycles. The quantitative estimate of drug-likeness (QED) is 0.798. The average Bonchev–Trinajstić information content (AvgIpc) is 2.20. The number of hydrogen-bond acceptors (Lipinski definition) is 1. The summed E-state index contributed by atoms with van der Waals surface area (Å²) in [4.78, 5) is 0. The molecule has 14 heavy (non-hydrogen) atoms. The minimum absolute atomic E-state index is 1.05. The highest BCUT2D eigenvalue weighted by molar-refractivity contribution is 9.10. The van der Waals surface area contributed by atoms with Crippen LogP contribution in [-0.4, -0.2) is 13.1 Å². The highest BCUT2D eigenvalue weighted by Crippen LogP contribution is 2.19. The zero-order valence-electron chi connectivity index (χ0n) is 8.94. The van der Waals surface area contributed by atoms with E-state index in [-0.39, 0.29) is 0 Å². The first-order valence-corrected chi connectivity index (χ1v) is 6.05. The number of hydrogen-bond donors (Lipinski definition) is 1. The highest BCUT2D eigenvalue weighted by Gasteiger charge is 1.99. The number of aryl methyl sites for hydroxylation is 1. The standard InChI is InChI=1S/C12H18BrN/c1-3-10-5-6-11(12(13)9-10)7-8-14-4-2/h5-6,9,14H,3-4,7-8H2,1-2H3. The van der Waals surface area contributed by atoms with E-state index in [1.807, 2.05) is 0 Å². The summed E-state index contributed by atoms with van der Waals surface area (Å²) in [5, 5.41) is 3.33. The zero-order valence-corrected chi connectivity index (χ0v) is 10.5. The summed E-state index contributed by atoms with van der Waals surface area (Å²) in [5.41, 5.74) is 2.78. The molecule has 0 atom stereocenters. The van der Waals surface area contributed by atoms with Gasteiger partial charge in [-0.2, -0.15) is 0 Å². The van der Waals surface area contributed by atoms with Crippen LogP contribution < -0.4 is 5.32 Å². The Hall–Kier alpha value is -0.340. The molecule has 0 heterocycles. The smallest absolute Gasteiger partial charge is 0.0210 e. The van der Waals surface area contributed by atoms with E-state index in [2.05, 4.69) is 53.3 Å². The van der Waals surface area contributed by atoms with Crippen molar-refractivity contribution in [2.24, 2.45) is 0 Å². The monoisotopic (exact) mass is 255 g/mol. The lowest BCUT2D eigenvalue weighted by Crippen LogP contribution is -2.16. The molecule has 0 fully saturated rings. The second-order valence-corrected chi connectivity index (χ2v) is 4.24. The summed E-state index contributed by atoms with van der Waals surface area (Å²) in [6.07, 6.45) is 2.20. The summed E-state index contributed by atoms with van der Waals surface area (Å²) in [6.45, 7) is 6.42. The second kappa shape index (κ2) is 6.20. The Morgan fingerprint density at radius 1 is 1.29 bits per heavy atom. The van der Waals surface area contributed by atoms with Gasteiger partial charge in [0.15, 0.2) is 0 Å². The molecular formula is C12H18BrN. The summed E-state index contributed by atoms with van der Waals surface area (Å²) < 4.78 is 1.25. The molecule has 0 unspecified atom stereocenters. The second-order valence-electron chi connectivity index (χ2n) is 3.38. The lowest BCUT2D eigenvalue weighted by atomic mass is 10.1. The largest absolute Gasteiger partial charge is 0.317 e. The molecule has 2 heteroatoms. The van der Waals surface area contributed by atoms with Crippen molar-refractivity contribution in [3.63, 3.8) is 0 Å². The molecule has 1 aromatic rings. The Balaban J connectivity index is 2.59. The third-order valence-corrected chi connectivity index (χ3v) is 3.09. The fraction of sp³-hybridized carbons (Fsp3) is 0.500. The van der Waals surface area contributed by atoms with Gasteiger partial charge in [0.2, 0.25) is 0 Å². The Morgan fingerprint density at radius 3 is 2.64 bits per heavy atom. The van der Waals surface area contributed by atoms with E-state index < -0.39 is 0 Å². The molecule has 0 bridgehead atoms. The molecule has 1 rings (SSSR count). The molecule has 78 valence electrons. The van der Waals surface area contributed by atoms with Crippen molar-refractivity contribution in [1.29, 1.82) is 0 Å². The van der Waals surface area contributed by atoms with E-state index in [1.165, 1.54) is 15.6 Å². The summed E-state index contributed by atoms with van der Waals surface area (Å²) >= 11 is 3.61. The van der Waals surface area contributed by atoms with Crippen molar-refractivity contribution in [3.8, 4) is 0 Å². The number of likely N-dealkylation sites (N-methyl/N-ethyl adjacent to an activating group) is 1. The van der Waals surface area contributed by atoms with Crippen LogP contribution in [0.4, 0.5) is 0 Å². The maximum atomic E-state index is 3.61. The average molecular weight is 256 g/mol. The predicted molar refractivity (Wildman–Crippen MR) is 65.8 cm³/mol. The van der Waals surface area contributed by atoms with Gasteiger partial charge in [-0.1, -0.05) is 41.9 Å². The number of nitrogens with one attached hydrogen (secondary N) is 1. The number of rotatable bonds is 5. The van der Waals surface area contributed by atoms with Gasteiger partial charge in [-0.05, 0) is 43.1 Å². The SMILES string of the molecule is CCNCCc1ccc(CC)cc1Br. The highest BCUT2D eigenvalue weighted by atomic mass is 79.9. The van der Waals surface area contributed by atoms with Crippen LogP contribution in [0.1, 0.15) is 25.0 Å². The van der Waals surface area contributed by atoms with E-state index in [1.54, 1.807) is 0 Å². The fourth-order valence-corrected chi connectivity index (χ4v) is 2.04. The first-order valence-electron chi connectivity index (χ1n) is 5.26. The zero-order chi connectivity index (χ0) is 10.4. The molecule has 0 aromatic heterocycles. The first kappa shape index (κ1) is 11.7. The third-order valence-electron chi connectivity index (χ3n) is 2.35. The van der Waals surface area contributed by atoms with Gasteiger partial charge in [0.25, 0.3) is 0 Å². The van der Waals surface area contributed by atoms with Crippen molar-refractivity contribution < 1.29 is 0 Å². The molecule has 0 aliphatic carbocycles. The van der Waals surface area contributed by atoms with Crippen LogP contribution in [0.3, 0.4) is 0 Å². The van der Waals surface area contributed by atoms with Crippen LogP contribution >= 0.6 is 15.9 Å². The van der Waals surface area contributed by atoms with Gasteiger partial charge in [0.1, 0.15) is 0 Å². The van der Waals surface area contributed by atoms with Gasteiger partial charge in [0, 0.05) is 4.47 Å². The molecular weight excluding hydrogens is 238 g/mol. The summed E-state index contributed by atoms with van der Waals surface area (Å²) in [5.74, 6) is 0. The summed E-state index contributed by atoms with van der Waals surface area (Å²) in [6, 6.07) is 6.66. The molecule has 0 amide bonds. The van der Waals surface area contributed by atoms with Crippen molar-refractivity contribution in [2.75, 3.05) is 13.1 Å². The van der Waals surface area contributed by atoms with Gasteiger partial charge >= 0.3 is 0 Å². The first-order chi connectivity index (χ1) is 6.77. The van der Waals surface area contributed by atoms with E-state index in [4.69, 9.17) is 0 Å². The topological polar surface area (TPSA) is 12.0 Å². The fourth-order valence-electron chi connectivity index (χ4n) is 1.41. The van der Waals surface area contributed by atoms with E-state index in [9.17, 15) is 0 Å². The van der Waals surface area contributed by atoms with Crippen molar-refractivity contribution in [3.05, 3.63) is 33.8 Å². The molecule has 1 N–H and O–H groups in total. The van der Waals surface area contributed by atoms with Gasteiger partial charge in [0.05, 0.1) is 0 Å². The van der Waals surface area contributed by atoms with Crippen LogP contribution in [0.25, 0.3) is 0 Å². The van der Waals surface area contributed by atoms with Crippen molar-refractivity contribution in [2.45, 2.75) is 26.7 Å². The predicted octanol–water partition coefficient (Wildman–Crippen LogP) is 3.16. The Morgan fingerprint density at radius 2 is 2.07 bits per heavy atom. The molecule has 0 saturated carbocycles. The number of benzene rings is 1. The van der Waals surface area contributed by atoms with Crippen LogP contribution in [0.15, 0.2) is 22.7 Å². The van der Waals surface area contributed by atoms with E-state index >= 15 is 0 Å². The molecule has 0 aliphatic rings. The van der Waals surface area contributed by atoms with Crippen LogP contribution in [-0.2, 0) is 12.8 Å². The van der Waals surface area contributed by atoms with Gasteiger partial charge < -0.3 is 5.32 Å². The lowest BCUT2D eigenvalue weighted by Gasteiger charge is -2.06. The minimum Gasteiger partial charge on any atom is -0.317 e. The van der Waals surface area contributed by atoms with Crippen molar-refractivity contribution in [1.82, 2.24) is 5.32 Å². The summed E-state index contributed by atoms with van der Waals surface area (Å²) in [7, 11) is 0. The Kier molecular flexibility index (Phi) is 5.20. The van der Waals surface area contributed by atoms with Crippen LogP contribution in [0.5, 0.6) is 0 Å². The maximum absolute atomic E-state index is 3.61. The van der Waals surface area contributed by atoms with Crippen LogP contribution in [0.2, 0.25) is 0 Å². The van der Waals surface area contributed by atoms with Crippen molar-refractivity contribution >= 4 is 15.9 Å². The third kappa shape index (κ3) is 3.43. The lowest BCUT2D eigenvalue weighted by molar-refractivity contribution is 0.715. The van der Waals surface area contributed by atoms with Gasteiger partial charge in [-0.15, -0.1) is 0 Å². The molecule has 0 spiro atoms. The Labute approximate surface area is 95.0 Å². The van der Waals surface area contributed by atoms with E-state index in [0.29, 0.717) is 0 Å². The normalized spacial score (nSPS) is 10.5. The van der Waals surface area contributed by atoms with E-state index in [0.717, 1.165) is 25.9 Å². The molecule has 1 nitrogen and oxygen atoms in total. The molecule has 0 radical (unpaired) electrons. The Bertz CT molecular complexity index is 284. The molecule has 0 saturated heterocycles. The maximum Gasteiger partial charge on any atom is 0.0210 e. The molecule has 0 aliphatic heterocycles. The van der Waals surface area contributed by atoms with Crippen LogP contribution in [0, 0.1) is 0 Å². The minimum atomic E-state index is 1.05. The van der Waals surface area contributed by atoms with Gasteiger partial charge in [-0.3, -0.25) is 0 Å².